The van der Waals surface area contributed by atoms with Crippen molar-refractivity contribution in [1.29, 1.82) is 0 Å². The van der Waals surface area contributed by atoms with Gasteiger partial charge in [0.05, 0.1) is 0 Å². The maximum absolute atomic E-state index is 12.3. The van der Waals surface area contributed by atoms with Crippen LogP contribution in [-0.2, 0) is 12.6 Å². The Hall–Kier alpha value is -1.70. The van der Waals surface area contributed by atoms with Gasteiger partial charge in [0.2, 0.25) is 10.1 Å². The number of pyridine rings is 1. The summed E-state index contributed by atoms with van der Waals surface area (Å²) in [5.74, 6) is 0. The molecule has 0 amide bonds. The molecule has 8 heteroatoms. The van der Waals surface area contributed by atoms with Crippen LogP contribution in [0.3, 0.4) is 0 Å². The first-order valence-corrected chi connectivity index (χ1v) is 5.92. The molecule has 0 aliphatic carbocycles. The largest absolute Gasteiger partial charge is 0.445 e. The second-order valence-electron chi connectivity index (χ2n) is 3.41. The lowest BCUT2D eigenvalue weighted by Crippen LogP contribution is -2.05. The predicted molar refractivity (Wildman–Crippen MR) is 61.3 cm³/mol. The highest BCUT2D eigenvalue weighted by molar-refractivity contribution is 7.15. The van der Waals surface area contributed by atoms with E-state index >= 15 is 0 Å². The van der Waals surface area contributed by atoms with E-state index in [1.165, 1.54) is 0 Å². The van der Waals surface area contributed by atoms with Crippen molar-refractivity contribution in [2.75, 3.05) is 11.9 Å². The van der Waals surface area contributed by atoms with Gasteiger partial charge in [0.25, 0.3) is 0 Å². The quantitative estimate of drug-likeness (QED) is 0.931. The van der Waals surface area contributed by atoms with E-state index in [-0.39, 0.29) is 5.13 Å². The minimum Gasteiger partial charge on any atom is -0.360 e. The first-order valence-electron chi connectivity index (χ1n) is 5.10. The van der Waals surface area contributed by atoms with Crippen LogP contribution in [0.15, 0.2) is 24.4 Å². The van der Waals surface area contributed by atoms with Crippen molar-refractivity contribution in [3.05, 3.63) is 35.1 Å². The summed E-state index contributed by atoms with van der Waals surface area (Å²) in [6.07, 6.45) is -2.15. The van der Waals surface area contributed by atoms with E-state index in [1.807, 2.05) is 12.1 Å². The molecule has 1 N–H and O–H groups in total. The molecule has 0 fully saturated rings. The van der Waals surface area contributed by atoms with Crippen molar-refractivity contribution in [1.82, 2.24) is 15.2 Å². The highest BCUT2D eigenvalue weighted by Crippen LogP contribution is 2.32. The van der Waals surface area contributed by atoms with Gasteiger partial charge in [0.15, 0.2) is 0 Å². The number of anilines is 1. The molecular formula is C10H9F3N4S. The molecule has 2 aromatic rings. The number of hydrogen-bond donors (Lipinski definition) is 1. The average molecular weight is 274 g/mol. The Morgan fingerprint density at radius 3 is 2.67 bits per heavy atom. The Labute approximate surface area is 105 Å². The van der Waals surface area contributed by atoms with Gasteiger partial charge in [-0.15, -0.1) is 10.2 Å². The summed E-state index contributed by atoms with van der Waals surface area (Å²) in [5.41, 5.74) is 0.866. The van der Waals surface area contributed by atoms with Crippen molar-refractivity contribution < 1.29 is 13.2 Å². The number of alkyl halides is 3. The SMILES string of the molecule is FC(F)(F)c1nnc(NCCc2ccccn2)s1. The molecule has 4 nitrogen and oxygen atoms in total. The highest BCUT2D eigenvalue weighted by Gasteiger charge is 2.35. The van der Waals surface area contributed by atoms with Gasteiger partial charge in [-0.2, -0.15) is 13.2 Å². The monoisotopic (exact) mass is 274 g/mol. The molecule has 0 bridgehead atoms. The molecule has 96 valence electrons. The van der Waals surface area contributed by atoms with Crippen molar-refractivity contribution in [3.8, 4) is 0 Å². The van der Waals surface area contributed by atoms with Crippen LogP contribution in [0.2, 0.25) is 0 Å². The minimum absolute atomic E-state index is 0.165. The molecule has 0 aliphatic heterocycles. The number of nitrogens with zero attached hydrogens (tertiary/aromatic N) is 3. The molecular weight excluding hydrogens is 265 g/mol. The number of nitrogens with one attached hydrogen (secondary N) is 1. The summed E-state index contributed by atoms with van der Waals surface area (Å²) in [4.78, 5) is 4.10. The molecule has 0 atom stereocenters. The Kier molecular flexibility index (Phi) is 3.75. The summed E-state index contributed by atoms with van der Waals surface area (Å²) in [5, 5.41) is 8.52. The number of halogens is 3. The molecule has 0 unspecified atom stereocenters. The fourth-order valence-corrected chi connectivity index (χ4v) is 1.89. The Balaban J connectivity index is 1.86. The lowest BCUT2D eigenvalue weighted by atomic mass is 10.3. The third-order valence-electron chi connectivity index (χ3n) is 2.05. The maximum Gasteiger partial charge on any atom is 0.445 e. The van der Waals surface area contributed by atoms with Gasteiger partial charge < -0.3 is 5.32 Å². The van der Waals surface area contributed by atoms with Crippen LogP contribution < -0.4 is 5.32 Å². The van der Waals surface area contributed by atoms with Crippen molar-refractivity contribution in [3.63, 3.8) is 0 Å². The lowest BCUT2D eigenvalue weighted by Gasteiger charge is -2.01. The highest BCUT2D eigenvalue weighted by atomic mass is 32.1. The van der Waals surface area contributed by atoms with Crippen LogP contribution in [0, 0.1) is 0 Å². The molecule has 2 aromatic heterocycles. The summed E-state index contributed by atoms with van der Waals surface area (Å²) < 4.78 is 36.8. The molecule has 18 heavy (non-hydrogen) atoms. The molecule has 0 aliphatic rings. The molecule has 2 heterocycles. The molecule has 0 saturated carbocycles. The third-order valence-corrected chi connectivity index (χ3v) is 2.98. The molecule has 0 spiro atoms. The van der Waals surface area contributed by atoms with E-state index in [9.17, 15) is 13.2 Å². The summed E-state index contributed by atoms with van der Waals surface area (Å²) in [7, 11) is 0. The van der Waals surface area contributed by atoms with Crippen LogP contribution in [0.4, 0.5) is 18.3 Å². The minimum atomic E-state index is -4.43. The third kappa shape index (κ3) is 3.39. The van der Waals surface area contributed by atoms with Crippen LogP contribution in [0.25, 0.3) is 0 Å². The molecule has 0 aromatic carbocycles. The van der Waals surface area contributed by atoms with Gasteiger partial charge in [0.1, 0.15) is 0 Å². The molecule has 0 saturated heterocycles. The summed E-state index contributed by atoms with van der Waals surface area (Å²) in [6.45, 7) is 0.462. The van der Waals surface area contributed by atoms with E-state index < -0.39 is 11.2 Å². The van der Waals surface area contributed by atoms with Gasteiger partial charge in [0, 0.05) is 24.9 Å². The standard InChI is InChI=1S/C10H9F3N4S/c11-10(12,13)8-16-17-9(18-8)15-6-4-7-3-1-2-5-14-7/h1-3,5H,4,6H2,(H,15,17). The lowest BCUT2D eigenvalue weighted by molar-refractivity contribution is -0.138. The molecule has 2 rings (SSSR count). The predicted octanol–water partition coefficient (Wildman–Crippen LogP) is 2.61. The van der Waals surface area contributed by atoms with Crippen LogP contribution in [-0.4, -0.2) is 21.7 Å². The van der Waals surface area contributed by atoms with E-state index in [4.69, 9.17) is 0 Å². The van der Waals surface area contributed by atoms with E-state index in [0.717, 1.165) is 5.69 Å². The number of aromatic nitrogens is 3. The summed E-state index contributed by atoms with van der Waals surface area (Å²) in [6, 6.07) is 5.51. The van der Waals surface area contributed by atoms with Gasteiger partial charge in [-0.3, -0.25) is 4.98 Å². The van der Waals surface area contributed by atoms with E-state index in [0.29, 0.717) is 24.3 Å². The topological polar surface area (TPSA) is 50.7 Å². The van der Waals surface area contributed by atoms with E-state index in [1.54, 1.807) is 12.3 Å². The van der Waals surface area contributed by atoms with E-state index in [2.05, 4.69) is 20.5 Å². The average Bonchev–Trinajstić information content (AvgIpc) is 2.79. The Morgan fingerprint density at radius 1 is 1.22 bits per heavy atom. The van der Waals surface area contributed by atoms with Crippen LogP contribution >= 0.6 is 11.3 Å². The number of rotatable bonds is 4. The van der Waals surface area contributed by atoms with Crippen LogP contribution in [0.1, 0.15) is 10.7 Å². The number of hydrogen-bond acceptors (Lipinski definition) is 5. The second kappa shape index (κ2) is 5.30. The molecule has 0 radical (unpaired) electrons. The van der Waals surface area contributed by atoms with Gasteiger partial charge in [-0.05, 0) is 12.1 Å². The van der Waals surface area contributed by atoms with Gasteiger partial charge in [-0.25, -0.2) is 0 Å². The Morgan fingerprint density at radius 2 is 2.06 bits per heavy atom. The first kappa shape index (κ1) is 12.7. The first-order chi connectivity index (χ1) is 8.55. The smallest absolute Gasteiger partial charge is 0.360 e. The fourth-order valence-electron chi connectivity index (χ4n) is 1.25. The van der Waals surface area contributed by atoms with Gasteiger partial charge >= 0.3 is 6.18 Å². The summed E-state index contributed by atoms with van der Waals surface area (Å²) >= 11 is 0.496. The Bertz CT molecular complexity index is 497. The van der Waals surface area contributed by atoms with Crippen molar-refractivity contribution >= 4 is 16.5 Å². The van der Waals surface area contributed by atoms with Crippen LogP contribution in [0.5, 0.6) is 0 Å². The normalized spacial score (nSPS) is 11.5. The zero-order valence-corrected chi connectivity index (χ0v) is 9.92. The maximum atomic E-state index is 12.3. The van der Waals surface area contributed by atoms with Crippen molar-refractivity contribution in [2.24, 2.45) is 0 Å². The zero-order valence-electron chi connectivity index (χ0n) is 9.11. The zero-order chi connectivity index (χ0) is 13.0. The van der Waals surface area contributed by atoms with Crippen molar-refractivity contribution in [2.45, 2.75) is 12.6 Å². The second-order valence-corrected chi connectivity index (χ2v) is 4.39. The fraction of sp³-hybridized carbons (Fsp3) is 0.300. The van der Waals surface area contributed by atoms with Gasteiger partial charge in [-0.1, -0.05) is 17.4 Å².